The Kier molecular flexibility index (Phi) is 6.33. The number of anilines is 1. The van der Waals surface area contributed by atoms with Crippen LogP contribution in [0.5, 0.6) is 0 Å². The molecule has 1 fully saturated rings. The summed E-state index contributed by atoms with van der Waals surface area (Å²) >= 11 is 0. The zero-order chi connectivity index (χ0) is 19.4. The Morgan fingerprint density at radius 1 is 1.07 bits per heavy atom. The highest BCUT2D eigenvalue weighted by Crippen LogP contribution is 2.33. The minimum atomic E-state index is 0.0784. The van der Waals surface area contributed by atoms with Crippen LogP contribution in [0.2, 0.25) is 0 Å². The summed E-state index contributed by atoms with van der Waals surface area (Å²) in [6, 6.07) is 17.0. The molecule has 1 N–H and O–H groups in total. The van der Waals surface area contributed by atoms with Gasteiger partial charge in [0, 0.05) is 18.3 Å². The van der Waals surface area contributed by atoms with Crippen molar-refractivity contribution in [2.45, 2.75) is 52.5 Å². The van der Waals surface area contributed by atoms with Crippen LogP contribution in [0.25, 0.3) is 0 Å². The van der Waals surface area contributed by atoms with Crippen LogP contribution < -0.4 is 5.32 Å². The highest BCUT2D eigenvalue weighted by atomic mass is 16.2. The fourth-order valence-electron chi connectivity index (χ4n) is 3.64. The fraction of sp³-hybridized carbons (Fsp3) is 0.458. The highest BCUT2D eigenvalue weighted by Gasteiger charge is 2.28. The normalized spacial score (nSPS) is 15.2. The van der Waals surface area contributed by atoms with E-state index in [1.54, 1.807) is 0 Å². The number of nitrogens with zero attached hydrogens (tertiary/aromatic N) is 1. The van der Waals surface area contributed by atoms with Crippen molar-refractivity contribution < 1.29 is 4.79 Å². The standard InChI is InChI=1S/C24H32N2O/c1-17(2)22-12-8-9-18(3)24(22)25-23(27)16-26(15-20-13-14-20)19(4)21-10-6-5-7-11-21/h5-12,17,19-20H,13-16H2,1-4H3,(H,25,27). The maximum absolute atomic E-state index is 12.9. The van der Waals surface area contributed by atoms with E-state index in [4.69, 9.17) is 0 Å². The average molecular weight is 365 g/mol. The molecule has 3 heteroatoms. The first-order valence-electron chi connectivity index (χ1n) is 10.1. The van der Waals surface area contributed by atoms with Gasteiger partial charge in [-0.05, 0) is 55.2 Å². The van der Waals surface area contributed by atoms with Crippen molar-refractivity contribution >= 4 is 11.6 Å². The minimum absolute atomic E-state index is 0.0784. The zero-order valence-electron chi connectivity index (χ0n) is 17.0. The van der Waals surface area contributed by atoms with E-state index < -0.39 is 0 Å². The van der Waals surface area contributed by atoms with Crippen molar-refractivity contribution in [3.8, 4) is 0 Å². The van der Waals surface area contributed by atoms with Crippen molar-refractivity contribution in [2.75, 3.05) is 18.4 Å². The Labute approximate surface area is 163 Å². The fourth-order valence-corrected chi connectivity index (χ4v) is 3.64. The smallest absolute Gasteiger partial charge is 0.238 e. The summed E-state index contributed by atoms with van der Waals surface area (Å²) in [5.74, 6) is 1.20. The summed E-state index contributed by atoms with van der Waals surface area (Å²) in [6.45, 7) is 10.0. The molecule has 0 bridgehead atoms. The largest absolute Gasteiger partial charge is 0.324 e. The molecule has 1 aliphatic carbocycles. The lowest BCUT2D eigenvalue weighted by Gasteiger charge is -2.29. The molecule has 3 rings (SSSR count). The number of aryl methyl sites for hydroxylation is 1. The Balaban J connectivity index is 1.73. The second-order valence-electron chi connectivity index (χ2n) is 8.20. The number of hydrogen-bond donors (Lipinski definition) is 1. The van der Waals surface area contributed by atoms with Crippen molar-refractivity contribution in [3.05, 3.63) is 65.2 Å². The maximum Gasteiger partial charge on any atom is 0.238 e. The van der Waals surface area contributed by atoms with Crippen LogP contribution in [0.1, 0.15) is 62.3 Å². The second-order valence-corrected chi connectivity index (χ2v) is 8.20. The number of rotatable bonds is 8. The number of nitrogens with one attached hydrogen (secondary N) is 1. The van der Waals surface area contributed by atoms with Crippen molar-refractivity contribution in [3.63, 3.8) is 0 Å². The Morgan fingerprint density at radius 2 is 1.78 bits per heavy atom. The van der Waals surface area contributed by atoms with Gasteiger partial charge in [0.1, 0.15) is 0 Å². The quantitative estimate of drug-likeness (QED) is 0.668. The lowest BCUT2D eigenvalue weighted by Crippen LogP contribution is -2.37. The van der Waals surface area contributed by atoms with Gasteiger partial charge < -0.3 is 5.32 Å². The van der Waals surface area contributed by atoms with Gasteiger partial charge >= 0.3 is 0 Å². The van der Waals surface area contributed by atoms with Crippen LogP contribution in [0, 0.1) is 12.8 Å². The van der Waals surface area contributed by atoms with Crippen LogP contribution in [-0.2, 0) is 4.79 Å². The molecule has 1 unspecified atom stereocenters. The first-order valence-corrected chi connectivity index (χ1v) is 10.1. The van der Waals surface area contributed by atoms with Crippen molar-refractivity contribution in [1.82, 2.24) is 4.90 Å². The third kappa shape index (κ3) is 5.20. The van der Waals surface area contributed by atoms with Crippen LogP contribution in [-0.4, -0.2) is 23.9 Å². The lowest BCUT2D eigenvalue weighted by atomic mass is 9.98. The molecular weight excluding hydrogens is 332 g/mol. The van der Waals surface area contributed by atoms with Crippen LogP contribution >= 0.6 is 0 Å². The van der Waals surface area contributed by atoms with E-state index in [9.17, 15) is 4.79 Å². The van der Waals surface area contributed by atoms with E-state index in [-0.39, 0.29) is 11.9 Å². The Morgan fingerprint density at radius 3 is 2.41 bits per heavy atom. The predicted molar refractivity (Wildman–Crippen MR) is 113 cm³/mol. The first-order chi connectivity index (χ1) is 13.0. The van der Waals surface area contributed by atoms with Gasteiger partial charge in [-0.25, -0.2) is 0 Å². The molecule has 0 saturated heterocycles. The van der Waals surface area contributed by atoms with Crippen LogP contribution in [0.3, 0.4) is 0 Å². The first kappa shape index (κ1) is 19.6. The Bertz CT molecular complexity index is 765. The van der Waals surface area contributed by atoms with Gasteiger partial charge in [-0.2, -0.15) is 0 Å². The molecule has 2 aromatic carbocycles. The van der Waals surface area contributed by atoms with Gasteiger partial charge in [-0.1, -0.05) is 62.4 Å². The molecule has 1 saturated carbocycles. The van der Waals surface area contributed by atoms with E-state index in [0.717, 1.165) is 23.7 Å². The highest BCUT2D eigenvalue weighted by molar-refractivity contribution is 5.94. The van der Waals surface area contributed by atoms with Gasteiger partial charge in [0.25, 0.3) is 0 Å². The van der Waals surface area contributed by atoms with Gasteiger partial charge in [0.05, 0.1) is 6.54 Å². The molecule has 1 aliphatic rings. The number of carbonyl (C=O) groups is 1. The molecule has 27 heavy (non-hydrogen) atoms. The molecule has 0 spiro atoms. The SMILES string of the molecule is Cc1cccc(C(C)C)c1NC(=O)CN(CC1CC1)C(C)c1ccccc1. The summed E-state index contributed by atoms with van der Waals surface area (Å²) in [5, 5.41) is 3.21. The molecule has 3 nitrogen and oxygen atoms in total. The molecule has 0 heterocycles. The zero-order valence-corrected chi connectivity index (χ0v) is 17.0. The number of benzene rings is 2. The number of hydrogen-bond acceptors (Lipinski definition) is 2. The molecule has 1 atom stereocenters. The summed E-state index contributed by atoms with van der Waals surface area (Å²) in [4.78, 5) is 15.3. The van der Waals surface area contributed by atoms with E-state index >= 15 is 0 Å². The summed E-state index contributed by atoms with van der Waals surface area (Å²) in [6.07, 6.45) is 2.57. The molecule has 1 amide bonds. The van der Waals surface area contributed by atoms with E-state index in [2.05, 4.69) is 80.4 Å². The molecule has 0 aliphatic heterocycles. The topological polar surface area (TPSA) is 32.3 Å². The molecule has 0 radical (unpaired) electrons. The maximum atomic E-state index is 12.9. The average Bonchev–Trinajstić information content (AvgIpc) is 3.47. The second kappa shape index (κ2) is 8.71. The molecular formula is C24H32N2O. The summed E-state index contributed by atoms with van der Waals surface area (Å²) < 4.78 is 0. The number of amides is 1. The van der Waals surface area contributed by atoms with Crippen LogP contribution in [0.15, 0.2) is 48.5 Å². The number of carbonyl (C=O) groups excluding carboxylic acids is 1. The molecule has 144 valence electrons. The van der Waals surface area contributed by atoms with Crippen LogP contribution in [0.4, 0.5) is 5.69 Å². The van der Waals surface area contributed by atoms with E-state index in [1.165, 1.54) is 24.0 Å². The van der Waals surface area contributed by atoms with E-state index in [1.807, 2.05) is 6.07 Å². The van der Waals surface area contributed by atoms with Crippen molar-refractivity contribution in [2.24, 2.45) is 5.92 Å². The van der Waals surface area contributed by atoms with E-state index in [0.29, 0.717) is 12.5 Å². The van der Waals surface area contributed by atoms with Crippen molar-refractivity contribution in [1.29, 1.82) is 0 Å². The Hall–Kier alpha value is -2.13. The summed E-state index contributed by atoms with van der Waals surface area (Å²) in [5.41, 5.74) is 4.58. The summed E-state index contributed by atoms with van der Waals surface area (Å²) in [7, 11) is 0. The molecule has 2 aromatic rings. The van der Waals surface area contributed by atoms with Gasteiger partial charge in [-0.3, -0.25) is 9.69 Å². The number of para-hydroxylation sites is 1. The third-order valence-electron chi connectivity index (χ3n) is 5.56. The monoisotopic (exact) mass is 364 g/mol. The molecule has 0 aromatic heterocycles. The van der Waals surface area contributed by atoms with Gasteiger partial charge in [0.15, 0.2) is 0 Å². The van der Waals surface area contributed by atoms with Gasteiger partial charge in [-0.15, -0.1) is 0 Å². The third-order valence-corrected chi connectivity index (χ3v) is 5.56. The minimum Gasteiger partial charge on any atom is -0.324 e. The predicted octanol–water partition coefficient (Wildman–Crippen LogP) is 5.53. The van der Waals surface area contributed by atoms with Gasteiger partial charge in [0.2, 0.25) is 5.91 Å². The lowest BCUT2D eigenvalue weighted by molar-refractivity contribution is -0.117.